The zero-order chi connectivity index (χ0) is 13.4. The summed E-state index contributed by atoms with van der Waals surface area (Å²) in [7, 11) is 0. The minimum absolute atomic E-state index is 0.492. The largest absolute Gasteiger partial charge is 0.482 e. The molecule has 0 aliphatic carbocycles. The van der Waals surface area contributed by atoms with Crippen molar-refractivity contribution in [3.8, 4) is 22.9 Å². The van der Waals surface area contributed by atoms with E-state index in [1.54, 1.807) is 0 Å². The number of hydrogen-bond donors (Lipinski definition) is 1. The molecule has 0 saturated carbocycles. The van der Waals surface area contributed by atoms with Gasteiger partial charge in [-0.3, -0.25) is 0 Å². The molecule has 0 radical (unpaired) electrons. The normalized spacial score (nSPS) is 17.6. The van der Waals surface area contributed by atoms with Crippen LogP contribution in [0.1, 0.15) is 11.7 Å². The Morgan fingerprint density at radius 2 is 2.00 bits per heavy atom. The first-order chi connectivity index (χ1) is 9.20. The van der Waals surface area contributed by atoms with Crippen molar-refractivity contribution in [2.24, 2.45) is 5.73 Å². The summed E-state index contributed by atoms with van der Waals surface area (Å²) in [5, 5.41) is 9.65. The molecule has 0 spiro atoms. The standard InChI is InChI=1S/C15H11ClN2O/c16-9-5-6-10-11-3-1-2-4-14(11)19-15(12(10)7-9)13(18)8-17/h1-7,13,15H,18H2. The lowest BCUT2D eigenvalue weighted by Gasteiger charge is -2.30. The van der Waals surface area contributed by atoms with Gasteiger partial charge in [-0.05, 0) is 23.8 Å². The molecule has 2 unspecified atom stereocenters. The van der Waals surface area contributed by atoms with Crippen LogP contribution in [0.2, 0.25) is 5.02 Å². The number of nitriles is 1. The van der Waals surface area contributed by atoms with Crippen LogP contribution in [0.5, 0.6) is 5.75 Å². The van der Waals surface area contributed by atoms with E-state index in [9.17, 15) is 0 Å². The number of nitrogens with two attached hydrogens (primary N) is 1. The Kier molecular flexibility index (Phi) is 2.90. The zero-order valence-corrected chi connectivity index (χ0v) is 10.8. The molecule has 1 aliphatic rings. The fraction of sp³-hybridized carbons (Fsp3) is 0.133. The van der Waals surface area contributed by atoms with Crippen LogP contribution in [-0.4, -0.2) is 6.04 Å². The van der Waals surface area contributed by atoms with Crippen molar-refractivity contribution in [1.82, 2.24) is 0 Å². The SMILES string of the molecule is N#CC(N)C1Oc2ccccc2-c2ccc(Cl)cc21. The summed E-state index contributed by atoms with van der Waals surface area (Å²) >= 11 is 6.04. The van der Waals surface area contributed by atoms with Crippen molar-refractivity contribution in [3.63, 3.8) is 0 Å². The average Bonchev–Trinajstić information content (AvgIpc) is 2.45. The van der Waals surface area contributed by atoms with Gasteiger partial charge >= 0.3 is 0 Å². The molecule has 3 rings (SSSR count). The maximum Gasteiger partial charge on any atom is 0.153 e. The molecule has 0 aromatic heterocycles. The Hall–Kier alpha value is -2.02. The number of rotatable bonds is 1. The Bertz CT molecular complexity index is 678. The lowest BCUT2D eigenvalue weighted by molar-refractivity contribution is 0.189. The maximum absolute atomic E-state index is 9.04. The van der Waals surface area contributed by atoms with Gasteiger partial charge < -0.3 is 10.5 Å². The summed E-state index contributed by atoms with van der Waals surface area (Å²) in [6.07, 6.45) is -0.492. The van der Waals surface area contributed by atoms with Gasteiger partial charge in [-0.15, -0.1) is 0 Å². The molecule has 0 amide bonds. The molecule has 2 aromatic carbocycles. The third-order valence-electron chi connectivity index (χ3n) is 3.23. The topological polar surface area (TPSA) is 59.0 Å². The number of benzene rings is 2. The highest BCUT2D eigenvalue weighted by atomic mass is 35.5. The molecule has 2 N–H and O–H groups in total. The van der Waals surface area contributed by atoms with Crippen molar-refractivity contribution in [1.29, 1.82) is 5.26 Å². The van der Waals surface area contributed by atoms with Crippen LogP contribution in [0.3, 0.4) is 0 Å². The highest BCUT2D eigenvalue weighted by Crippen LogP contribution is 2.43. The van der Waals surface area contributed by atoms with Gasteiger partial charge in [0.05, 0.1) is 6.07 Å². The van der Waals surface area contributed by atoms with Crippen molar-refractivity contribution in [2.75, 3.05) is 0 Å². The van der Waals surface area contributed by atoms with E-state index in [1.165, 1.54) is 0 Å². The van der Waals surface area contributed by atoms with Crippen LogP contribution in [0.15, 0.2) is 42.5 Å². The molecule has 4 heteroatoms. The third kappa shape index (κ3) is 1.95. The first-order valence-electron chi connectivity index (χ1n) is 5.91. The van der Waals surface area contributed by atoms with E-state index in [-0.39, 0.29) is 0 Å². The summed E-state index contributed by atoms with van der Waals surface area (Å²) in [4.78, 5) is 0. The van der Waals surface area contributed by atoms with Crippen LogP contribution >= 0.6 is 11.6 Å². The maximum atomic E-state index is 9.04. The second-order valence-corrected chi connectivity index (χ2v) is 4.86. The Morgan fingerprint density at radius 1 is 1.21 bits per heavy atom. The highest BCUT2D eigenvalue weighted by molar-refractivity contribution is 6.30. The smallest absolute Gasteiger partial charge is 0.153 e. The van der Waals surface area contributed by atoms with E-state index in [2.05, 4.69) is 0 Å². The molecule has 2 atom stereocenters. The number of nitrogens with zero attached hydrogens (tertiary/aromatic N) is 1. The molecule has 1 aliphatic heterocycles. The van der Waals surface area contributed by atoms with E-state index >= 15 is 0 Å². The molecule has 1 heterocycles. The molecule has 0 saturated heterocycles. The number of halogens is 1. The van der Waals surface area contributed by atoms with E-state index in [0.717, 1.165) is 22.4 Å². The lowest BCUT2D eigenvalue weighted by atomic mass is 9.90. The van der Waals surface area contributed by atoms with Crippen molar-refractivity contribution >= 4 is 11.6 Å². The van der Waals surface area contributed by atoms with Crippen LogP contribution in [0.4, 0.5) is 0 Å². The van der Waals surface area contributed by atoms with Crippen molar-refractivity contribution < 1.29 is 4.74 Å². The Labute approximate surface area is 116 Å². The lowest BCUT2D eigenvalue weighted by Crippen LogP contribution is -2.32. The van der Waals surface area contributed by atoms with E-state index < -0.39 is 12.1 Å². The van der Waals surface area contributed by atoms with Gasteiger partial charge in [0.15, 0.2) is 6.10 Å². The minimum Gasteiger partial charge on any atom is -0.482 e. The molecule has 94 valence electrons. The van der Waals surface area contributed by atoms with Gasteiger partial charge in [0.2, 0.25) is 0 Å². The van der Waals surface area contributed by atoms with Gasteiger partial charge in [0, 0.05) is 16.1 Å². The first kappa shape index (κ1) is 12.0. The second kappa shape index (κ2) is 4.58. The van der Waals surface area contributed by atoms with Gasteiger partial charge in [0.1, 0.15) is 11.8 Å². The van der Waals surface area contributed by atoms with Gasteiger partial charge in [-0.1, -0.05) is 35.9 Å². The number of ether oxygens (including phenoxy) is 1. The van der Waals surface area contributed by atoms with Crippen LogP contribution in [0, 0.1) is 11.3 Å². The third-order valence-corrected chi connectivity index (χ3v) is 3.46. The summed E-state index contributed by atoms with van der Waals surface area (Å²) < 4.78 is 5.86. The molecular formula is C15H11ClN2O. The molecule has 2 aromatic rings. The fourth-order valence-electron chi connectivity index (χ4n) is 2.34. The number of fused-ring (bicyclic) bond motifs is 3. The zero-order valence-electron chi connectivity index (χ0n) is 10.0. The molecule has 3 nitrogen and oxygen atoms in total. The highest BCUT2D eigenvalue weighted by Gasteiger charge is 2.30. The van der Waals surface area contributed by atoms with Crippen molar-refractivity contribution in [3.05, 3.63) is 53.1 Å². The minimum atomic E-state index is -0.731. The monoisotopic (exact) mass is 270 g/mol. The molecular weight excluding hydrogens is 260 g/mol. The Morgan fingerprint density at radius 3 is 2.79 bits per heavy atom. The fourth-order valence-corrected chi connectivity index (χ4v) is 2.52. The quantitative estimate of drug-likeness (QED) is 0.865. The predicted molar refractivity (Wildman–Crippen MR) is 73.8 cm³/mol. The first-order valence-corrected chi connectivity index (χ1v) is 6.29. The second-order valence-electron chi connectivity index (χ2n) is 4.42. The summed E-state index contributed by atoms with van der Waals surface area (Å²) in [6, 6.07) is 14.6. The summed E-state index contributed by atoms with van der Waals surface area (Å²) in [6.45, 7) is 0. The van der Waals surface area contributed by atoms with Gasteiger partial charge in [-0.2, -0.15) is 5.26 Å². The summed E-state index contributed by atoms with van der Waals surface area (Å²) in [5.41, 5.74) is 8.71. The number of hydrogen-bond acceptors (Lipinski definition) is 3. The molecule has 0 bridgehead atoms. The number of para-hydroxylation sites is 1. The van der Waals surface area contributed by atoms with E-state index in [0.29, 0.717) is 5.02 Å². The molecule has 0 fully saturated rings. The molecule has 19 heavy (non-hydrogen) atoms. The van der Waals surface area contributed by atoms with Crippen molar-refractivity contribution in [2.45, 2.75) is 12.1 Å². The van der Waals surface area contributed by atoms with Crippen LogP contribution in [-0.2, 0) is 0 Å². The van der Waals surface area contributed by atoms with E-state index in [4.69, 9.17) is 27.3 Å². The average molecular weight is 271 g/mol. The summed E-state index contributed by atoms with van der Waals surface area (Å²) in [5.74, 6) is 0.744. The Balaban J connectivity index is 2.23. The van der Waals surface area contributed by atoms with Gasteiger partial charge in [0.25, 0.3) is 0 Å². The van der Waals surface area contributed by atoms with Crippen LogP contribution in [0.25, 0.3) is 11.1 Å². The van der Waals surface area contributed by atoms with Crippen LogP contribution < -0.4 is 10.5 Å². The van der Waals surface area contributed by atoms with E-state index in [1.807, 2.05) is 48.5 Å². The van der Waals surface area contributed by atoms with Gasteiger partial charge in [-0.25, -0.2) is 0 Å². The predicted octanol–water partition coefficient (Wildman–Crippen LogP) is 3.29.